The van der Waals surface area contributed by atoms with E-state index in [1.54, 1.807) is 12.1 Å². The molecule has 2 aromatic rings. The van der Waals surface area contributed by atoms with Crippen LogP contribution in [0, 0.1) is 4.77 Å². The Bertz CT molecular complexity index is 791. The molecule has 0 aliphatic heterocycles. The molecule has 0 bridgehead atoms. The van der Waals surface area contributed by atoms with Crippen LogP contribution in [0.15, 0.2) is 28.2 Å². The smallest absolute Gasteiger partial charge is 0.293 e. The van der Waals surface area contributed by atoms with Gasteiger partial charge in [-0.25, -0.2) is 0 Å². The third kappa shape index (κ3) is 3.99. The van der Waals surface area contributed by atoms with Crippen molar-refractivity contribution in [3.05, 3.63) is 39.0 Å². The van der Waals surface area contributed by atoms with Crippen LogP contribution in [0.1, 0.15) is 18.9 Å². The summed E-state index contributed by atoms with van der Waals surface area (Å²) in [6, 6.07) is 3.46. The molecule has 1 heterocycles. The van der Waals surface area contributed by atoms with Gasteiger partial charge in [0, 0.05) is 5.56 Å². The van der Waals surface area contributed by atoms with Crippen molar-refractivity contribution in [3.8, 4) is 17.2 Å². The van der Waals surface area contributed by atoms with E-state index in [0.29, 0.717) is 29.4 Å². The van der Waals surface area contributed by atoms with Gasteiger partial charge in [0.15, 0.2) is 11.5 Å². The van der Waals surface area contributed by atoms with Gasteiger partial charge in [-0.3, -0.25) is 9.89 Å². The fraction of sp³-hybridized carbons (Fsp3) is 0.333. The van der Waals surface area contributed by atoms with Gasteiger partial charge in [-0.05, 0) is 30.8 Å². The van der Waals surface area contributed by atoms with Crippen LogP contribution in [0.4, 0.5) is 0 Å². The molecule has 128 valence electrons. The van der Waals surface area contributed by atoms with E-state index in [1.165, 1.54) is 20.4 Å². The number of hydrogen-bond donors (Lipinski definition) is 1. The van der Waals surface area contributed by atoms with Gasteiger partial charge < -0.3 is 14.2 Å². The highest BCUT2D eigenvalue weighted by atomic mass is 32.1. The van der Waals surface area contributed by atoms with E-state index >= 15 is 0 Å². The molecule has 0 fully saturated rings. The average molecular weight is 350 g/mol. The Hall–Kier alpha value is -2.68. The van der Waals surface area contributed by atoms with Crippen molar-refractivity contribution in [3.63, 3.8) is 0 Å². The third-order valence-electron chi connectivity index (χ3n) is 2.99. The number of benzene rings is 1. The number of ether oxygens (including phenoxy) is 3. The Morgan fingerprint density at radius 2 is 2.00 bits per heavy atom. The Labute approximate surface area is 143 Å². The molecular formula is C15H18N4O4S. The first kappa shape index (κ1) is 17.7. The van der Waals surface area contributed by atoms with E-state index < -0.39 is 5.56 Å². The van der Waals surface area contributed by atoms with Crippen LogP contribution < -0.4 is 19.8 Å². The molecule has 0 aliphatic rings. The van der Waals surface area contributed by atoms with Crippen LogP contribution in [-0.4, -0.2) is 41.9 Å². The predicted octanol–water partition coefficient (Wildman–Crippen LogP) is 1.99. The summed E-state index contributed by atoms with van der Waals surface area (Å²) in [7, 11) is 3.08. The number of aromatic nitrogens is 3. The summed E-state index contributed by atoms with van der Waals surface area (Å²) in [5.74, 6) is 1.55. The largest absolute Gasteiger partial charge is 0.493 e. The minimum absolute atomic E-state index is 0.0978. The lowest BCUT2D eigenvalue weighted by molar-refractivity contribution is 0.275. The number of nitrogens with zero attached hydrogens (tertiary/aromatic N) is 3. The normalized spacial score (nSPS) is 10.8. The van der Waals surface area contributed by atoms with Gasteiger partial charge in [-0.2, -0.15) is 14.9 Å². The summed E-state index contributed by atoms with van der Waals surface area (Å²) < 4.78 is 17.5. The first-order chi connectivity index (χ1) is 11.6. The van der Waals surface area contributed by atoms with Crippen LogP contribution in [-0.2, 0) is 0 Å². The van der Waals surface area contributed by atoms with E-state index in [9.17, 15) is 4.79 Å². The molecule has 2 rings (SSSR count). The van der Waals surface area contributed by atoms with Crippen molar-refractivity contribution in [1.29, 1.82) is 0 Å². The minimum Gasteiger partial charge on any atom is -0.493 e. The highest BCUT2D eigenvalue weighted by Gasteiger charge is 2.13. The second kappa shape index (κ2) is 8.25. The van der Waals surface area contributed by atoms with Crippen molar-refractivity contribution < 1.29 is 14.2 Å². The zero-order valence-electron chi connectivity index (χ0n) is 13.6. The molecular weight excluding hydrogens is 332 g/mol. The van der Waals surface area contributed by atoms with Crippen molar-refractivity contribution in [1.82, 2.24) is 14.9 Å². The minimum atomic E-state index is -0.433. The number of H-pyrrole nitrogens is 1. The Kier molecular flexibility index (Phi) is 6.07. The summed E-state index contributed by atoms with van der Waals surface area (Å²) >= 11 is 4.98. The monoisotopic (exact) mass is 350 g/mol. The van der Waals surface area contributed by atoms with Crippen LogP contribution in [0.3, 0.4) is 0 Å². The molecule has 8 nitrogen and oxygen atoms in total. The van der Waals surface area contributed by atoms with E-state index in [-0.39, 0.29) is 4.77 Å². The standard InChI is InChI=1S/C15H18N4O4S/c1-4-5-23-14-11(21-2)6-10(7-12(14)22-3)8-17-19-13(20)9-16-18-15(19)24/h6-9H,4-5H2,1-3H3,(H,18,24)/b17-8-. The fourth-order valence-electron chi connectivity index (χ4n) is 1.90. The number of hydrogen-bond acceptors (Lipinski definition) is 7. The van der Waals surface area contributed by atoms with E-state index in [2.05, 4.69) is 15.3 Å². The number of aromatic amines is 1. The Morgan fingerprint density at radius 3 is 2.54 bits per heavy atom. The van der Waals surface area contributed by atoms with Gasteiger partial charge in [0.25, 0.3) is 5.56 Å². The van der Waals surface area contributed by atoms with Crippen molar-refractivity contribution in [2.45, 2.75) is 13.3 Å². The maximum atomic E-state index is 11.7. The molecule has 0 atom stereocenters. The highest BCUT2D eigenvalue weighted by molar-refractivity contribution is 7.71. The quantitative estimate of drug-likeness (QED) is 0.607. The molecule has 0 amide bonds. The summed E-state index contributed by atoms with van der Waals surface area (Å²) in [5, 5.41) is 10.2. The molecule has 1 aromatic carbocycles. The molecule has 0 saturated heterocycles. The first-order valence-electron chi connectivity index (χ1n) is 7.20. The highest BCUT2D eigenvalue weighted by Crippen LogP contribution is 2.38. The summed E-state index contributed by atoms with van der Waals surface area (Å²) in [6.07, 6.45) is 3.42. The van der Waals surface area contributed by atoms with Crippen LogP contribution in [0.2, 0.25) is 0 Å². The molecule has 0 spiro atoms. The van der Waals surface area contributed by atoms with Crippen molar-refractivity contribution in [2.24, 2.45) is 5.10 Å². The predicted molar refractivity (Wildman–Crippen MR) is 92.0 cm³/mol. The molecule has 0 unspecified atom stereocenters. The van der Waals surface area contributed by atoms with E-state index in [1.807, 2.05) is 6.92 Å². The van der Waals surface area contributed by atoms with Crippen LogP contribution in [0.25, 0.3) is 0 Å². The van der Waals surface area contributed by atoms with Gasteiger partial charge in [-0.1, -0.05) is 6.92 Å². The van der Waals surface area contributed by atoms with Gasteiger partial charge >= 0.3 is 0 Å². The zero-order valence-corrected chi connectivity index (χ0v) is 14.4. The van der Waals surface area contributed by atoms with Gasteiger partial charge in [-0.15, -0.1) is 0 Å². The SMILES string of the molecule is CCCOc1c(OC)cc(/C=N\n2c(=O)cn[nH]c2=S)cc1OC. The molecule has 1 aromatic heterocycles. The third-order valence-corrected chi connectivity index (χ3v) is 3.26. The van der Waals surface area contributed by atoms with Crippen molar-refractivity contribution >= 4 is 18.4 Å². The molecule has 1 N–H and O–H groups in total. The van der Waals surface area contributed by atoms with Gasteiger partial charge in [0.2, 0.25) is 10.5 Å². The lowest BCUT2D eigenvalue weighted by atomic mass is 10.2. The summed E-state index contributed by atoms with van der Waals surface area (Å²) in [6.45, 7) is 2.55. The summed E-state index contributed by atoms with van der Waals surface area (Å²) in [5.41, 5.74) is 0.225. The maximum Gasteiger partial charge on any atom is 0.293 e. The van der Waals surface area contributed by atoms with E-state index in [4.69, 9.17) is 26.4 Å². The fourth-order valence-corrected chi connectivity index (χ4v) is 2.09. The van der Waals surface area contributed by atoms with Crippen LogP contribution in [0.5, 0.6) is 17.2 Å². The first-order valence-corrected chi connectivity index (χ1v) is 7.61. The summed E-state index contributed by atoms with van der Waals surface area (Å²) in [4.78, 5) is 11.7. The van der Waals surface area contributed by atoms with Crippen LogP contribution >= 0.6 is 12.2 Å². The zero-order chi connectivity index (χ0) is 17.5. The van der Waals surface area contributed by atoms with Crippen molar-refractivity contribution in [2.75, 3.05) is 20.8 Å². The second-order valence-electron chi connectivity index (χ2n) is 4.67. The second-order valence-corrected chi connectivity index (χ2v) is 5.06. The van der Waals surface area contributed by atoms with Gasteiger partial charge in [0.1, 0.15) is 6.20 Å². The lowest BCUT2D eigenvalue weighted by Gasteiger charge is -2.14. The maximum absolute atomic E-state index is 11.7. The Balaban J connectivity index is 2.42. The number of nitrogens with one attached hydrogen (secondary N) is 1. The molecule has 24 heavy (non-hydrogen) atoms. The number of methoxy groups -OCH3 is 2. The lowest BCUT2D eigenvalue weighted by Crippen LogP contribution is -2.18. The molecule has 0 aliphatic carbocycles. The molecule has 0 radical (unpaired) electrons. The van der Waals surface area contributed by atoms with Gasteiger partial charge in [0.05, 0.1) is 27.0 Å². The average Bonchev–Trinajstić information content (AvgIpc) is 2.59. The number of rotatable bonds is 7. The van der Waals surface area contributed by atoms with E-state index in [0.717, 1.165) is 17.3 Å². The molecule has 0 saturated carbocycles. The molecule has 9 heteroatoms. The topological polar surface area (TPSA) is 90.7 Å². The Morgan fingerprint density at radius 1 is 1.33 bits per heavy atom.